The second kappa shape index (κ2) is 4.34. The fraction of sp³-hybridized carbons (Fsp3) is 0.417. The zero-order valence-corrected chi connectivity index (χ0v) is 8.82. The number of nitrogens with one attached hydrogen (secondary N) is 1. The molecule has 15 heavy (non-hydrogen) atoms. The molecule has 1 N–H and O–H groups in total. The van der Waals surface area contributed by atoms with Crippen molar-refractivity contribution < 1.29 is 9.53 Å². The summed E-state index contributed by atoms with van der Waals surface area (Å²) >= 11 is 0. The number of rotatable bonds is 4. The van der Waals surface area contributed by atoms with Gasteiger partial charge in [-0.15, -0.1) is 0 Å². The molecule has 0 radical (unpaired) electrons. The van der Waals surface area contributed by atoms with E-state index in [0.717, 1.165) is 24.2 Å². The van der Waals surface area contributed by atoms with Crippen LogP contribution in [0.4, 0.5) is 0 Å². The molecule has 80 valence electrons. The summed E-state index contributed by atoms with van der Waals surface area (Å²) < 4.78 is 5.20. The normalized spacial score (nSPS) is 14.7. The van der Waals surface area contributed by atoms with E-state index >= 15 is 0 Å². The van der Waals surface area contributed by atoms with Gasteiger partial charge in [-0.05, 0) is 18.9 Å². The Kier molecular flexibility index (Phi) is 2.90. The molecule has 1 aliphatic rings. The van der Waals surface area contributed by atoms with Gasteiger partial charge in [0.25, 0.3) is 0 Å². The number of methoxy groups -OCH3 is 1. The molecule has 0 saturated heterocycles. The van der Waals surface area contributed by atoms with Crippen molar-refractivity contribution in [3.05, 3.63) is 29.8 Å². The van der Waals surface area contributed by atoms with E-state index in [9.17, 15) is 4.79 Å². The van der Waals surface area contributed by atoms with Crippen molar-refractivity contribution in [2.45, 2.75) is 19.4 Å². The molecule has 3 nitrogen and oxygen atoms in total. The van der Waals surface area contributed by atoms with Crippen molar-refractivity contribution in [3.8, 4) is 5.75 Å². The Morgan fingerprint density at radius 3 is 2.87 bits per heavy atom. The first kappa shape index (κ1) is 10.0. The Bertz CT molecular complexity index is 358. The molecule has 3 heteroatoms. The molecule has 0 bridgehead atoms. The first-order chi connectivity index (χ1) is 7.31. The molecule has 1 fully saturated rings. The Balaban J connectivity index is 1.94. The molecule has 1 aromatic rings. The maximum Gasteiger partial charge on any atom is 0.223 e. The van der Waals surface area contributed by atoms with Crippen molar-refractivity contribution >= 4 is 5.91 Å². The van der Waals surface area contributed by atoms with E-state index < -0.39 is 0 Å². The number of carbonyl (C=O) groups excluding carboxylic acids is 1. The number of ether oxygens (including phenoxy) is 1. The van der Waals surface area contributed by atoms with Crippen LogP contribution in [-0.2, 0) is 11.3 Å². The molecule has 0 spiro atoms. The molecule has 0 aliphatic heterocycles. The van der Waals surface area contributed by atoms with Crippen LogP contribution in [0.15, 0.2) is 24.3 Å². The average Bonchev–Trinajstić information content (AvgIpc) is 3.10. The molecular weight excluding hydrogens is 190 g/mol. The van der Waals surface area contributed by atoms with E-state index in [4.69, 9.17) is 4.74 Å². The molecule has 1 amide bonds. The number of carbonyl (C=O) groups is 1. The molecule has 0 atom stereocenters. The summed E-state index contributed by atoms with van der Waals surface area (Å²) in [6, 6.07) is 7.73. The average molecular weight is 205 g/mol. The minimum atomic E-state index is 0.168. The maximum absolute atomic E-state index is 11.4. The van der Waals surface area contributed by atoms with Gasteiger partial charge >= 0.3 is 0 Å². The highest BCUT2D eigenvalue weighted by Crippen LogP contribution is 2.29. The lowest BCUT2D eigenvalue weighted by Gasteiger charge is -2.08. The number of para-hydroxylation sites is 1. The first-order valence-electron chi connectivity index (χ1n) is 5.21. The lowest BCUT2D eigenvalue weighted by molar-refractivity contribution is -0.122. The van der Waals surface area contributed by atoms with Gasteiger partial charge in [-0.25, -0.2) is 0 Å². The van der Waals surface area contributed by atoms with Crippen LogP contribution in [0, 0.1) is 5.92 Å². The predicted molar refractivity (Wildman–Crippen MR) is 57.6 cm³/mol. The van der Waals surface area contributed by atoms with E-state index in [1.165, 1.54) is 0 Å². The van der Waals surface area contributed by atoms with Crippen molar-refractivity contribution in [1.29, 1.82) is 0 Å². The number of hydrogen-bond donors (Lipinski definition) is 1. The van der Waals surface area contributed by atoms with Gasteiger partial charge in [-0.2, -0.15) is 0 Å². The Labute approximate surface area is 89.4 Å². The van der Waals surface area contributed by atoms with Crippen LogP contribution < -0.4 is 10.1 Å². The van der Waals surface area contributed by atoms with Gasteiger partial charge in [-0.3, -0.25) is 4.79 Å². The third-order valence-corrected chi connectivity index (χ3v) is 2.59. The lowest BCUT2D eigenvalue weighted by atomic mass is 10.2. The van der Waals surface area contributed by atoms with Gasteiger partial charge in [0.1, 0.15) is 5.75 Å². The van der Waals surface area contributed by atoms with Gasteiger partial charge in [0.2, 0.25) is 5.91 Å². The second-order valence-corrected chi connectivity index (χ2v) is 3.80. The third-order valence-electron chi connectivity index (χ3n) is 2.59. The number of benzene rings is 1. The summed E-state index contributed by atoms with van der Waals surface area (Å²) in [5.41, 5.74) is 1.02. The van der Waals surface area contributed by atoms with Gasteiger partial charge in [-0.1, -0.05) is 18.2 Å². The number of hydrogen-bond acceptors (Lipinski definition) is 2. The zero-order chi connectivity index (χ0) is 10.7. The summed E-state index contributed by atoms with van der Waals surface area (Å²) in [6.45, 7) is 0.555. The van der Waals surface area contributed by atoms with Crippen LogP contribution >= 0.6 is 0 Å². The summed E-state index contributed by atoms with van der Waals surface area (Å²) in [5, 5.41) is 2.92. The van der Waals surface area contributed by atoms with Gasteiger partial charge < -0.3 is 10.1 Å². The van der Waals surface area contributed by atoms with Gasteiger partial charge in [0.05, 0.1) is 7.11 Å². The fourth-order valence-corrected chi connectivity index (χ4v) is 1.52. The highest BCUT2D eigenvalue weighted by Gasteiger charge is 2.29. The van der Waals surface area contributed by atoms with Crippen LogP contribution in [0.2, 0.25) is 0 Å². The Morgan fingerprint density at radius 2 is 2.20 bits per heavy atom. The van der Waals surface area contributed by atoms with Crippen LogP contribution in [0.1, 0.15) is 18.4 Å². The van der Waals surface area contributed by atoms with Crippen molar-refractivity contribution in [2.24, 2.45) is 5.92 Å². The first-order valence-corrected chi connectivity index (χ1v) is 5.21. The minimum absolute atomic E-state index is 0.168. The van der Waals surface area contributed by atoms with E-state index in [1.807, 2.05) is 24.3 Å². The molecular formula is C12H15NO2. The molecule has 0 aromatic heterocycles. The molecule has 0 unspecified atom stereocenters. The summed E-state index contributed by atoms with van der Waals surface area (Å²) in [6.07, 6.45) is 2.08. The third kappa shape index (κ3) is 2.49. The zero-order valence-electron chi connectivity index (χ0n) is 8.82. The van der Waals surface area contributed by atoms with E-state index in [0.29, 0.717) is 6.54 Å². The van der Waals surface area contributed by atoms with Gasteiger partial charge in [0.15, 0.2) is 0 Å². The number of amides is 1. The molecule has 1 aromatic carbocycles. The van der Waals surface area contributed by atoms with Crippen molar-refractivity contribution in [3.63, 3.8) is 0 Å². The molecule has 1 aliphatic carbocycles. The van der Waals surface area contributed by atoms with Gasteiger partial charge in [0, 0.05) is 18.0 Å². The maximum atomic E-state index is 11.4. The minimum Gasteiger partial charge on any atom is -0.496 e. The summed E-state index contributed by atoms with van der Waals surface area (Å²) in [5.74, 6) is 1.26. The Morgan fingerprint density at radius 1 is 1.47 bits per heavy atom. The monoisotopic (exact) mass is 205 g/mol. The molecule has 2 rings (SSSR count). The van der Waals surface area contributed by atoms with Crippen LogP contribution in [0.3, 0.4) is 0 Å². The molecule has 0 heterocycles. The quantitative estimate of drug-likeness (QED) is 0.812. The topological polar surface area (TPSA) is 38.3 Å². The summed E-state index contributed by atoms with van der Waals surface area (Å²) in [4.78, 5) is 11.4. The highest BCUT2D eigenvalue weighted by atomic mass is 16.5. The van der Waals surface area contributed by atoms with Crippen LogP contribution in [0.25, 0.3) is 0 Å². The van der Waals surface area contributed by atoms with E-state index in [-0.39, 0.29) is 11.8 Å². The van der Waals surface area contributed by atoms with Crippen LogP contribution in [-0.4, -0.2) is 13.0 Å². The van der Waals surface area contributed by atoms with E-state index in [1.54, 1.807) is 7.11 Å². The largest absolute Gasteiger partial charge is 0.496 e. The smallest absolute Gasteiger partial charge is 0.223 e. The summed E-state index contributed by atoms with van der Waals surface area (Å²) in [7, 11) is 1.64. The molecule has 1 saturated carbocycles. The standard InChI is InChI=1S/C12H15NO2/c1-15-11-5-3-2-4-10(11)8-13-12(14)9-6-7-9/h2-5,9H,6-8H2,1H3,(H,13,14). The highest BCUT2D eigenvalue weighted by molar-refractivity contribution is 5.80. The van der Waals surface area contributed by atoms with Crippen molar-refractivity contribution in [2.75, 3.05) is 7.11 Å². The van der Waals surface area contributed by atoms with Crippen molar-refractivity contribution in [1.82, 2.24) is 5.32 Å². The predicted octanol–water partition coefficient (Wildman–Crippen LogP) is 1.72. The lowest BCUT2D eigenvalue weighted by Crippen LogP contribution is -2.24. The van der Waals surface area contributed by atoms with Crippen LogP contribution in [0.5, 0.6) is 5.75 Å². The SMILES string of the molecule is COc1ccccc1CNC(=O)C1CC1. The Hall–Kier alpha value is -1.51. The van der Waals surface area contributed by atoms with E-state index in [2.05, 4.69) is 5.32 Å². The fourth-order valence-electron chi connectivity index (χ4n) is 1.52. The second-order valence-electron chi connectivity index (χ2n) is 3.80.